The molecule has 1 aliphatic heterocycles. The monoisotopic (exact) mass is 303 g/mol. The van der Waals surface area contributed by atoms with Gasteiger partial charge in [0.05, 0.1) is 12.4 Å². The Bertz CT molecular complexity index is 597. The van der Waals surface area contributed by atoms with Crippen molar-refractivity contribution in [2.24, 2.45) is 0 Å². The molecular weight excluding hydrogens is 294 g/mol. The number of fused-ring (bicyclic) bond motifs is 1. The highest BCUT2D eigenvalue weighted by Crippen LogP contribution is 2.22. The van der Waals surface area contributed by atoms with Crippen LogP contribution < -0.4 is 4.90 Å². The molecule has 1 aromatic heterocycles. The maximum absolute atomic E-state index is 12.3. The fourth-order valence-corrected chi connectivity index (χ4v) is 2.29. The fraction of sp³-hybridized carbons (Fsp3) is 0.154. The van der Waals surface area contributed by atoms with Gasteiger partial charge in [0.1, 0.15) is 4.60 Å². The number of hydrogen-bond donors (Lipinski definition) is 0. The number of carbonyl (C=O) groups excluding carboxylic acids is 1. The van der Waals surface area contributed by atoms with Gasteiger partial charge in [-0.15, -0.1) is 0 Å². The quantitative estimate of drug-likeness (QED) is 0.813. The molecule has 0 saturated carbocycles. The van der Waals surface area contributed by atoms with Crippen LogP contribution in [0.15, 0.2) is 41.3 Å². The van der Waals surface area contributed by atoms with Crippen LogP contribution in [-0.4, -0.2) is 22.4 Å². The summed E-state index contributed by atoms with van der Waals surface area (Å²) in [6.45, 7) is 0.645. The van der Waals surface area contributed by atoms with Crippen LogP contribution in [0.25, 0.3) is 0 Å². The van der Waals surface area contributed by atoms with Crippen molar-refractivity contribution in [1.29, 1.82) is 0 Å². The zero-order valence-corrected chi connectivity index (χ0v) is 11.1. The van der Waals surface area contributed by atoms with E-state index in [2.05, 4.69) is 25.9 Å². The van der Waals surface area contributed by atoms with Crippen LogP contribution in [0.1, 0.15) is 15.9 Å². The van der Waals surface area contributed by atoms with Crippen LogP contribution in [-0.2, 0) is 6.42 Å². The number of nitrogens with zero attached hydrogens (tertiary/aromatic N) is 3. The highest BCUT2D eigenvalue weighted by atomic mass is 79.9. The molecule has 3 rings (SSSR count). The third kappa shape index (κ3) is 1.90. The summed E-state index contributed by atoms with van der Waals surface area (Å²) in [6, 6.07) is 7.70. The Morgan fingerprint density at radius 3 is 2.78 bits per heavy atom. The van der Waals surface area contributed by atoms with E-state index in [1.807, 2.05) is 24.3 Å². The summed E-state index contributed by atoms with van der Waals surface area (Å²) in [5, 5.41) is 0. The molecule has 0 saturated heterocycles. The van der Waals surface area contributed by atoms with E-state index in [9.17, 15) is 4.79 Å². The molecule has 0 radical (unpaired) electrons. The second kappa shape index (κ2) is 4.49. The molecule has 2 aromatic rings. The Morgan fingerprint density at radius 1 is 1.17 bits per heavy atom. The Hall–Kier alpha value is -1.75. The highest BCUT2D eigenvalue weighted by Gasteiger charge is 2.25. The molecule has 0 bridgehead atoms. The average Bonchev–Trinajstić information content (AvgIpc) is 2.41. The molecule has 0 atom stereocenters. The molecule has 5 heteroatoms. The SMILES string of the molecule is O=C1c2ccccc2CCN1c1cnc(Br)cn1. The van der Waals surface area contributed by atoms with Crippen molar-refractivity contribution >= 4 is 27.7 Å². The van der Waals surface area contributed by atoms with E-state index in [1.54, 1.807) is 17.3 Å². The first-order chi connectivity index (χ1) is 8.75. The molecule has 0 spiro atoms. The smallest absolute Gasteiger partial charge is 0.259 e. The predicted molar refractivity (Wildman–Crippen MR) is 71.6 cm³/mol. The van der Waals surface area contributed by atoms with Gasteiger partial charge in [0.2, 0.25) is 0 Å². The standard InChI is InChI=1S/C13H10BrN3O/c14-11-7-16-12(8-15-11)17-6-5-9-3-1-2-4-10(9)13(17)18/h1-4,7-8H,5-6H2. The van der Waals surface area contributed by atoms with E-state index in [-0.39, 0.29) is 5.91 Å². The molecule has 0 N–H and O–H groups in total. The van der Waals surface area contributed by atoms with E-state index >= 15 is 0 Å². The van der Waals surface area contributed by atoms with Gasteiger partial charge in [-0.25, -0.2) is 9.97 Å². The average molecular weight is 304 g/mol. The maximum Gasteiger partial charge on any atom is 0.259 e. The summed E-state index contributed by atoms with van der Waals surface area (Å²) < 4.78 is 0.663. The summed E-state index contributed by atoms with van der Waals surface area (Å²) in [4.78, 5) is 22.3. The zero-order valence-electron chi connectivity index (χ0n) is 9.51. The van der Waals surface area contributed by atoms with Crippen molar-refractivity contribution in [1.82, 2.24) is 9.97 Å². The van der Waals surface area contributed by atoms with Crippen LogP contribution in [0.4, 0.5) is 5.82 Å². The molecule has 1 amide bonds. The highest BCUT2D eigenvalue weighted by molar-refractivity contribution is 9.10. The van der Waals surface area contributed by atoms with Crippen LogP contribution in [0.3, 0.4) is 0 Å². The van der Waals surface area contributed by atoms with Crippen molar-refractivity contribution in [3.63, 3.8) is 0 Å². The van der Waals surface area contributed by atoms with E-state index in [4.69, 9.17) is 0 Å². The van der Waals surface area contributed by atoms with E-state index in [1.165, 1.54) is 0 Å². The number of carbonyl (C=O) groups is 1. The number of benzene rings is 1. The fourth-order valence-electron chi connectivity index (χ4n) is 2.09. The topological polar surface area (TPSA) is 46.1 Å². The van der Waals surface area contributed by atoms with Crippen molar-refractivity contribution in [2.75, 3.05) is 11.4 Å². The lowest BCUT2D eigenvalue weighted by Gasteiger charge is -2.27. The first kappa shape index (κ1) is 11.3. The van der Waals surface area contributed by atoms with Crippen molar-refractivity contribution < 1.29 is 4.79 Å². The Labute approximate surface area is 113 Å². The number of rotatable bonds is 1. The third-order valence-corrected chi connectivity index (χ3v) is 3.39. The lowest BCUT2D eigenvalue weighted by Crippen LogP contribution is -2.38. The lowest BCUT2D eigenvalue weighted by molar-refractivity contribution is 0.0980. The van der Waals surface area contributed by atoms with Gasteiger partial charge in [0, 0.05) is 12.1 Å². The number of aromatic nitrogens is 2. The predicted octanol–water partition coefficient (Wildman–Crippen LogP) is 2.44. The first-order valence-electron chi connectivity index (χ1n) is 5.63. The largest absolute Gasteiger partial charge is 0.291 e. The van der Waals surface area contributed by atoms with E-state index < -0.39 is 0 Å². The molecule has 1 aromatic carbocycles. The Morgan fingerprint density at radius 2 is 2.00 bits per heavy atom. The summed E-state index contributed by atoms with van der Waals surface area (Å²) >= 11 is 3.23. The molecule has 1 aliphatic rings. The minimum absolute atomic E-state index is 0.00604. The number of halogens is 1. The zero-order chi connectivity index (χ0) is 12.5. The van der Waals surface area contributed by atoms with Gasteiger partial charge in [0.25, 0.3) is 5.91 Å². The molecule has 90 valence electrons. The Balaban J connectivity index is 1.97. The van der Waals surface area contributed by atoms with Gasteiger partial charge < -0.3 is 0 Å². The first-order valence-corrected chi connectivity index (χ1v) is 6.42. The lowest BCUT2D eigenvalue weighted by atomic mass is 9.99. The summed E-state index contributed by atoms with van der Waals surface area (Å²) in [5.41, 5.74) is 1.86. The molecular formula is C13H10BrN3O. The summed E-state index contributed by atoms with van der Waals surface area (Å²) in [6.07, 6.45) is 4.05. The number of amides is 1. The molecule has 4 nitrogen and oxygen atoms in total. The molecule has 2 heterocycles. The second-order valence-electron chi connectivity index (χ2n) is 4.06. The third-order valence-electron chi connectivity index (χ3n) is 2.98. The van der Waals surface area contributed by atoms with Crippen molar-refractivity contribution in [3.05, 3.63) is 52.4 Å². The maximum atomic E-state index is 12.3. The van der Waals surface area contributed by atoms with Crippen LogP contribution in [0, 0.1) is 0 Å². The second-order valence-corrected chi connectivity index (χ2v) is 4.87. The minimum atomic E-state index is -0.00604. The van der Waals surface area contributed by atoms with Gasteiger partial charge in [0.15, 0.2) is 5.82 Å². The van der Waals surface area contributed by atoms with Gasteiger partial charge in [-0.1, -0.05) is 18.2 Å². The van der Waals surface area contributed by atoms with Crippen LogP contribution in [0.5, 0.6) is 0 Å². The molecule has 0 aliphatic carbocycles. The normalized spacial score (nSPS) is 14.5. The number of hydrogen-bond acceptors (Lipinski definition) is 3. The van der Waals surface area contributed by atoms with Gasteiger partial charge in [-0.2, -0.15) is 0 Å². The summed E-state index contributed by atoms with van der Waals surface area (Å²) in [5.74, 6) is 0.589. The van der Waals surface area contributed by atoms with E-state index in [0.29, 0.717) is 17.0 Å². The van der Waals surface area contributed by atoms with Crippen molar-refractivity contribution in [3.8, 4) is 0 Å². The minimum Gasteiger partial charge on any atom is -0.291 e. The van der Waals surface area contributed by atoms with Crippen LogP contribution in [0.2, 0.25) is 0 Å². The molecule has 0 fully saturated rings. The summed E-state index contributed by atoms with van der Waals surface area (Å²) in [7, 11) is 0. The van der Waals surface area contributed by atoms with Crippen molar-refractivity contribution in [2.45, 2.75) is 6.42 Å². The van der Waals surface area contributed by atoms with Gasteiger partial charge in [-0.3, -0.25) is 9.69 Å². The van der Waals surface area contributed by atoms with Gasteiger partial charge >= 0.3 is 0 Å². The Kier molecular flexibility index (Phi) is 2.83. The molecule has 18 heavy (non-hydrogen) atoms. The van der Waals surface area contributed by atoms with E-state index in [0.717, 1.165) is 17.5 Å². The van der Waals surface area contributed by atoms with Gasteiger partial charge in [-0.05, 0) is 34.0 Å². The van der Waals surface area contributed by atoms with Crippen LogP contribution >= 0.6 is 15.9 Å². The molecule has 0 unspecified atom stereocenters. The number of anilines is 1.